The van der Waals surface area contributed by atoms with E-state index in [1.54, 1.807) is 12.1 Å². The fourth-order valence-electron chi connectivity index (χ4n) is 5.52. The molecule has 4 aromatic rings. The molecule has 5 rings (SSSR count). The number of nitrogens with zero attached hydrogens (tertiary/aromatic N) is 5. The van der Waals surface area contributed by atoms with Gasteiger partial charge >= 0.3 is 0 Å². The van der Waals surface area contributed by atoms with E-state index in [-0.39, 0.29) is 16.5 Å². The number of rotatable bonds is 6. The van der Waals surface area contributed by atoms with Gasteiger partial charge in [-0.15, -0.1) is 0 Å². The summed E-state index contributed by atoms with van der Waals surface area (Å²) < 4.78 is 58.1. The second-order valence-corrected chi connectivity index (χ2v) is 11.0. The Kier molecular flexibility index (Phi) is 6.57. The molecule has 0 amide bonds. The van der Waals surface area contributed by atoms with E-state index in [1.807, 2.05) is 31.5 Å². The molecule has 0 aliphatic heterocycles. The minimum absolute atomic E-state index is 0.0632. The van der Waals surface area contributed by atoms with E-state index in [9.17, 15) is 17.6 Å². The summed E-state index contributed by atoms with van der Waals surface area (Å²) in [5, 5.41) is 0. The van der Waals surface area contributed by atoms with Gasteiger partial charge in [0, 0.05) is 12.7 Å². The molecule has 0 unspecified atom stereocenters. The molecule has 4 aromatic heterocycles. The summed E-state index contributed by atoms with van der Waals surface area (Å²) in [6.45, 7) is 6.18. The number of imidazole rings is 1. The lowest BCUT2D eigenvalue weighted by molar-refractivity contribution is 0.325. The molecule has 9 heteroatoms. The minimum atomic E-state index is -0.943. The molecule has 1 aliphatic rings. The highest BCUT2D eigenvalue weighted by molar-refractivity contribution is 5.60. The average Bonchev–Trinajstić information content (AvgIpc) is 3.43. The van der Waals surface area contributed by atoms with Crippen LogP contribution in [0, 0.1) is 29.2 Å². The van der Waals surface area contributed by atoms with Crippen LogP contribution in [-0.4, -0.2) is 24.5 Å². The van der Waals surface area contributed by atoms with E-state index in [0.29, 0.717) is 22.9 Å². The van der Waals surface area contributed by atoms with Gasteiger partial charge in [0.25, 0.3) is 0 Å². The van der Waals surface area contributed by atoms with E-state index in [1.165, 1.54) is 12.1 Å². The van der Waals surface area contributed by atoms with Crippen molar-refractivity contribution in [3.63, 3.8) is 0 Å². The van der Waals surface area contributed by atoms with Gasteiger partial charge in [-0.3, -0.25) is 4.98 Å². The summed E-state index contributed by atoms with van der Waals surface area (Å²) in [5.74, 6) is -3.33. The lowest BCUT2D eigenvalue weighted by Gasteiger charge is -2.29. The molecule has 5 nitrogen and oxygen atoms in total. The maximum Gasteiger partial charge on any atom is 0.226 e. The first-order valence-corrected chi connectivity index (χ1v) is 12.7. The van der Waals surface area contributed by atoms with E-state index < -0.39 is 29.2 Å². The summed E-state index contributed by atoms with van der Waals surface area (Å²) in [6, 6.07) is 10.1. The molecule has 1 saturated carbocycles. The summed E-state index contributed by atoms with van der Waals surface area (Å²) in [6.07, 6.45) is 5.17. The maximum atomic E-state index is 14.8. The lowest BCUT2D eigenvalue weighted by atomic mass is 9.78. The highest BCUT2D eigenvalue weighted by atomic mass is 19.1. The van der Waals surface area contributed by atoms with E-state index in [4.69, 9.17) is 9.97 Å². The van der Waals surface area contributed by atoms with Crippen LogP contribution in [0.15, 0.2) is 42.5 Å². The highest BCUT2D eigenvalue weighted by Crippen LogP contribution is 2.44. The van der Waals surface area contributed by atoms with E-state index in [2.05, 4.69) is 16.9 Å². The van der Waals surface area contributed by atoms with Gasteiger partial charge in [0.15, 0.2) is 0 Å². The van der Waals surface area contributed by atoms with Crippen LogP contribution in [-0.2, 0) is 18.9 Å². The Morgan fingerprint density at radius 1 is 0.816 bits per heavy atom. The second-order valence-electron chi connectivity index (χ2n) is 11.0. The van der Waals surface area contributed by atoms with Crippen LogP contribution >= 0.6 is 0 Å². The number of pyridine rings is 3. The fourth-order valence-corrected chi connectivity index (χ4v) is 5.52. The molecular formula is C29H29F4N5. The second kappa shape index (κ2) is 9.60. The average molecular weight is 524 g/mol. The van der Waals surface area contributed by atoms with Gasteiger partial charge in [-0.1, -0.05) is 25.8 Å². The molecule has 1 aliphatic carbocycles. The Hall–Kier alpha value is -3.62. The zero-order valence-corrected chi connectivity index (χ0v) is 21.8. The van der Waals surface area contributed by atoms with Gasteiger partial charge in [-0.05, 0) is 74.9 Å². The molecule has 198 valence electrons. The molecule has 0 bridgehead atoms. The smallest absolute Gasteiger partial charge is 0.226 e. The van der Waals surface area contributed by atoms with Crippen LogP contribution < -0.4 is 0 Å². The van der Waals surface area contributed by atoms with Gasteiger partial charge in [0.2, 0.25) is 23.8 Å². The van der Waals surface area contributed by atoms with Crippen molar-refractivity contribution >= 4 is 0 Å². The Balaban J connectivity index is 1.65. The molecule has 0 saturated heterocycles. The molecule has 1 fully saturated rings. The Morgan fingerprint density at radius 3 is 2.03 bits per heavy atom. The highest BCUT2D eigenvalue weighted by Gasteiger charge is 2.37. The van der Waals surface area contributed by atoms with Crippen molar-refractivity contribution in [1.29, 1.82) is 0 Å². The third-order valence-electron chi connectivity index (χ3n) is 7.75. The van der Waals surface area contributed by atoms with Crippen LogP contribution in [0.3, 0.4) is 0 Å². The molecule has 0 radical (unpaired) electrons. The first-order chi connectivity index (χ1) is 18.0. The summed E-state index contributed by atoms with van der Waals surface area (Å²) in [7, 11) is 1.84. The first-order valence-electron chi connectivity index (χ1n) is 12.7. The number of hydrogen-bond acceptors (Lipinski definition) is 4. The Labute approximate surface area is 219 Å². The third kappa shape index (κ3) is 4.70. The topological polar surface area (TPSA) is 56.5 Å². The van der Waals surface area contributed by atoms with Crippen molar-refractivity contribution in [2.24, 2.45) is 12.5 Å². The third-order valence-corrected chi connectivity index (χ3v) is 7.75. The van der Waals surface area contributed by atoms with Gasteiger partial charge in [-0.2, -0.15) is 27.5 Å². The quantitative estimate of drug-likeness (QED) is 0.203. The SMILES string of the molecule is Cn1c(-c2ccc(F)nc2F)nc(C(C)(C)c2cccc(-c3ccc(F)nc3F)n2)c1CC1(C)CCCC1. The minimum Gasteiger partial charge on any atom is -0.331 e. The molecule has 0 aromatic carbocycles. The molecule has 4 heterocycles. The molecule has 0 N–H and O–H groups in total. The predicted molar refractivity (Wildman–Crippen MR) is 136 cm³/mol. The van der Waals surface area contributed by atoms with Crippen LogP contribution in [0.2, 0.25) is 0 Å². The number of hydrogen-bond donors (Lipinski definition) is 0. The summed E-state index contributed by atoms with van der Waals surface area (Å²) in [4.78, 5) is 16.3. The predicted octanol–water partition coefficient (Wildman–Crippen LogP) is 6.94. The molecule has 0 spiro atoms. The zero-order chi connectivity index (χ0) is 27.2. The van der Waals surface area contributed by atoms with E-state index in [0.717, 1.165) is 49.9 Å². The maximum absolute atomic E-state index is 14.8. The van der Waals surface area contributed by atoms with Gasteiger partial charge in [0.1, 0.15) is 5.82 Å². The van der Waals surface area contributed by atoms with Crippen molar-refractivity contribution < 1.29 is 17.6 Å². The Morgan fingerprint density at radius 2 is 1.42 bits per heavy atom. The largest absolute Gasteiger partial charge is 0.331 e. The van der Waals surface area contributed by atoms with Crippen molar-refractivity contribution in [2.45, 2.75) is 58.3 Å². The van der Waals surface area contributed by atoms with Crippen molar-refractivity contribution in [3.05, 3.63) is 83.3 Å². The normalized spacial score (nSPS) is 15.3. The number of aromatic nitrogens is 5. The van der Waals surface area contributed by atoms with Crippen molar-refractivity contribution in [2.75, 3.05) is 0 Å². The monoisotopic (exact) mass is 523 g/mol. The zero-order valence-electron chi connectivity index (χ0n) is 21.8. The van der Waals surface area contributed by atoms with E-state index >= 15 is 0 Å². The fraction of sp³-hybridized carbons (Fsp3) is 0.379. The Bertz CT molecular complexity index is 1510. The van der Waals surface area contributed by atoms with Crippen molar-refractivity contribution in [3.8, 4) is 22.6 Å². The van der Waals surface area contributed by atoms with Crippen LogP contribution in [0.5, 0.6) is 0 Å². The summed E-state index contributed by atoms with van der Waals surface area (Å²) in [5.41, 5.74) is 2.04. The standard InChI is InChI=1S/C29H29F4N5/c1-28(2,21-9-7-8-19(34-21)17-10-12-22(30)35-25(17)32)24-20(16-29(3)14-5-6-15-29)38(4)27(37-24)18-11-13-23(31)36-26(18)33/h7-13H,5-6,14-16H2,1-4H3. The van der Waals surface area contributed by atoms with Crippen LogP contribution in [0.4, 0.5) is 17.6 Å². The first kappa shape index (κ1) is 26.0. The van der Waals surface area contributed by atoms with Crippen LogP contribution in [0.25, 0.3) is 22.6 Å². The molecule has 0 atom stereocenters. The van der Waals surface area contributed by atoms with Gasteiger partial charge < -0.3 is 4.57 Å². The van der Waals surface area contributed by atoms with Crippen molar-refractivity contribution in [1.82, 2.24) is 24.5 Å². The molecule has 38 heavy (non-hydrogen) atoms. The lowest BCUT2D eigenvalue weighted by Crippen LogP contribution is -2.26. The summed E-state index contributed by atoms with van der Waals surface area (Å²) >= 11 is 0. The molecular weight excluding hydrogens is 494 g/mol. The van der Waals surface area contributed by atoms with Gasteiger partial charge in [0.05, 0.1) is 33.6 Å². The van der Waals surface area contributed by atoms with Gasteiger partial charge in [-0.25, -0.2) is 4.98 Å². The number of halogens is 4. The van der Waals surface area contributed by atoms with Crippen LogP contribution in [0.1, 0.15) is 63.5 Å².